The van der Waals surface area contributed by atoms with Crippen LogP contribution in [0.15, 0.2) is 84.9 Å². The second-order valence-corrected chi connectivity index (χ2v) is 6.94. The van der Waals surface area contributed by atoms with E-state index in [9.17, 15) is 4.79 Å². The molecule has 0 aliphatic heterocycles. The summed E-state index contributed by atoms with van der Waals surface area (Å²) in [5, 5.41) is 0. The molecular formula is C24H23O2. The molecule has 0 heterocycles. The van der Waals surface area contributed by atoms with Crippen molar-refractivity contribution in [2.24, 2.45) is 5.41 Å². The van der Waals surface area contributed by atoms with Crippen molar-refractivity contribution in [3.63, 3.8) is 0 Å². The summed E-state index contributed by atoms with van der Waals surface area (Å²) in [5.74, 6) is 0.789. The highest BCUT2D eigenvalue weighted by Crippen LogP contribution is 2.51. The molecule has 3 aromatic carbocycles. The molecule has 2 nitrogen and oxygen atoms in total. The van der Waals surface area contributed by atoms with E-state index in [2.05, 4.69) is 30.6 Å². The topological polar surface area (TPSA) is 26.3 Å². The largest absolute Gasteiger partial charge is 0.497 e. The van der Waals surface area contributed by atoms with E-state index in [-0.39, 0.29) is 0 Å². The summed E-state index contributed by atoms with van der Waals surface area (Å²) in [4.78, 5) is 12.2. The van der Waals surface area contributed by atoms with Gasteiger partial charge in [0.05, 0.1) is 12.5 Å². The summed E-state index contributed by atoms with van der Waals surface area (Å²) < 4.78 is 5.33. The number of rotatable bonds is 6. The number of hydrogen-bond acceptors (Lipinski definition) is 2. The van der Waals surface area contributed by atoms with E-state index in [1.54, 1.807) is 7.11 Å². The molecule has 0 aromatic heterocycles. The average molecular weight is 343 g/mol. The van der Waals surface area contributed by atoms with Crippen LogP contribution in [0.1, 0.15) is 30.5 Å². The van der Waals surface area contributed by atoms with Crippen molar-refractivity contribution >= 4 is 6.29 Å². The van der Waals surface area contributed by atoms with Crippen LogP contribution in [0, 0.1) is 5.41 Å². The molecule has 0 saturated carbocycles. The Morgan fingerprint density at radius 1 is 0.692 bits per heavy atom. The zero-order chi connectivity index (χ0) is 18.6. The van der Waals surface area contributed by atoms with Crippen LogP contribution in [0.3, 0.4) is 0 Å². The summed E-state index contributed by atoms with van der Waals surface area (Å²) in [7, 11) is 1.65. The molecule has 0 bridgehead atoms. The van der Waals surface area contributed by atoms with E-state index < -0.39 is 10.8 Å². The van der Waals surface area contributed by atoms with E-state index in [0.29, 0.717) is 0 Å². The van der Waals surface area contributed by atoms with Crippen LogP contribution in [0.2, 0.25) is 0 Å². The fourth-order valence-corrected chi connectivity index (χ4v) is 3.88. The summed E-state index contributed by atoms with van der Waals surface area (Å²) in [6.07, 6.45) is 2.33. The Kier molecular flexibility index (Phi) is 4.94. The Morgan fingerprint density at radius 3 is 1.50 bits per heavy atom. The number of carbonyl (C=O) groups excluding carboxylic acids is 1. The fraction of sp³-hybridized carbons (Fsp3) is 0.208. The number of methoxy groups -OCH3 is 1. The standard InChI is InChI=1S/C24H23O2/c1-23(2,18-25)24(19-10-6-4-7-11-19,20-12-8-5-9-13-20)21-14-16-22(26-3)17-15-21/h4-17H,1-3H3. The molecule has 26 heavy (non-hydrogen) atoms. The minimum absolute atomic E-state index is 0.663. The summed E-state index contributed by atoms with van der Waals surface area (Å²) in [6, 6.07) is 28.3. The van der Waals surface area contributed by atoms with Crippen molar-refractivity contribution in [3.05, 3.63) is 102 Å². The predicted octanol–water partition coefficient (Wildman–Crippen LogP) is 5.17. The first kappa shape index (κ1) is 17.9. The molecular weight excluding hydrogens is 320 g/mol. The maximum atomic E-state index is 12.2. The van der Waals surface area contributed by atoms with Crippen molar-refractivity contribution in [3.8, 4) is 5.75 Å². The van der Waals surface area contributed by atoms with E-state index in [0.717, 1.165) is 22.4 Å². The summed E-state index contributed by atoms with van der Waals surface area (Å²) >= 11 is 0. The quantitative estimate of drug-likeness (QED) is 0.578. The van der Waals surface area contributed by atoms with Gasteiger partial charge in [-0.15, -0.1) is 0 Å². The molecule has 0 aliphatic rings. The van der Waals surface area contributed by atoms with Crippen LogP contribution in [0.25, 0.3) is 0 Å². The van der Waals surface area contributed by atoms with Crippen LogP contribution in [-0.2, 0) is 10.2 Å². The molecule has 2 heteroatoms. The molecule has 0 unspecified atom stereocenters. The zero-order valence-electron chi connectivity index (χ0n) is 15.4. The second kappa shape index (κ2) is 7.17. The first-order valence-electron chi connectivity index (χ1n) is 8.71. The summed E-state index contributed by atoms with van der Waals surface area (Å²) in [5.41, 5.74) is 1.70. The lowest BCUT2D eigenvalue weighted by Crippen LogP contribution is -2.45. The minimum atomic E-state index is -0.787. The molecule has 3 aromatic rings. The van der Waals surface area contributed by atoms with Gasteiger partial charge in [-0.3, -0.25) is 4.79 Å². The Labute approximate surface area is 155 Å². The van der Waals surface area contributed by atoms with E-state index in [4.69, 9.17) is 4.74 Å². The number of ether oxygens (including phenoxy) is 1. The van der Waals surface area contributed by atoms with E-state index in [1.807, 2.05) is 74.5 Å². The van der Waals surface area contributed by atoms with Crippen LogP contribution in [0.5, 0.6) is 5.75 Å². The predicted molar refractivity (Wildman–Crippen MR) is 105 cm³/mol. The highest BCUT2D eigenvalue weighted by Gasteiger charge is 2.49. The molecule has 0 N–H and O–H groups in total. The Morgan fingerprint density at radius 2 is 1.12 bits per heavy atom. The first-order valence-corrected chi connectivity index (χ1v) is 8.71. The maximum absolute atomic E-state index is 12.2. The van der Waals surface area contributed by atoms with Gasteiger partial charge in [0, 0.05) is 5.41 Å². The SMILES string of the molecule is COc1ccc(C(c2ccccc2)(c2ccccc2)C(C)(C)[C]=O)cc1. The van der Waals surface area contributed by atoms with Gasteiger partial charge in [-0.25, -0.2) is 0 Å². The lowest BCUT2D eigenvalue weighted by molar-refractivity contribution is 0.329. The van der Waals surface area contributed by atoms with Crippen molar-refractivity contribution in [2.75, 3.05) is 7.11 Å². The third-order valence-corrected chi connectivity index (χ3v) is 5.13. The smallest absolute Gasteiger partial charge is 0.206 e. The van der Waals surface area contributed by atoms with Gasteiger partial charge in [-0.2, -0.15) is 0 Å². The maximum Gasteiger partial charge on any atom is 0.206 e. The normalized spacial score (nSPS) is 11.8. The number of benzene rings is 3. The first-order chi connectivity index (χ1) is 12.6. The molecule has 0 spiro atoms. The van der Waals surface area contributed by atoms with Gasteiger partial charge >= 0.3 is 0 Å². The van der Waals surface area contributed by atoms with Gasteiger partial charge < -0.3 is 4.74 Å². The molecule has 0 amide bonds. The third kappa shape index (κ3) is 2.82. The van der Waals surface area contributed by atoms with Crippen molar-refractivity contribution in [2.45, 2.75) is 19.3 Å². The van der Waals surface area contributed by atoms with Gasteiger partial charge in [0.25, 0.3) is 0 Å². The Balaban J connectivity index is 2.40. The lowest BCUT2D eigenvalue weighted by atomic mass is 9.55. The zero-order valence-corrected chi connectivity index (χ0v) is 15.4. The second-order valence-electron chi connectivity index (χ2n) is 6.94. The molecule has 0 fully saturated rings. The Hall–Kier alpha value is -2.87. The van der Waals surface area contributed by atoms with E-state index >= 15 is 0 Å². The highest BCUT2D eigenvalue weighted by atomic mass is 16.5. The average Bonchev–Trinajstić information content (AvgIpc) is 2.70. The number of hydrogen-bond donors (Lipinski definition) is 0. The van der Waals surface area contributed by atoms with Crippen LogP contribution in [0.4, 0.5) is 0 Å². The van der Waals surface area contributed by atoms with Gasteiger partial charge in [0.1, 0.15) is 5.75 Å². The Bertz CT molecular complexity index is 810. The molecule has 131 valence electrons. The van der Waals surface area contributed by atoms with Crippen molar-refractivity contribution in [1.82, 2.24) is 0 Å². The molecule has 3 rings (SSSR count). The molecule has 0 saturated heterocycles. The fourth-order valence-electron chi connectivity index (χ4n) is 3.88. The molecule has 0 aliphatic carbocycles. The van der Waals surface area contributed by atoms with Gasteiger partial charge in [0.15, 0.2) is 0 Å². The van der Waals surface area contributed by atoms with Gasteiger partial charge in [0.2, 0.25) is 6.29 Å². The van der Waals surface area contributed by atoms with Crippen LogP contribution in [-0.4, -0.2) is 13.4 Å². The lowest BCUT2D eigenvalue weighted by Gasteiger charge is -2.45. The minimum Gasteiger partial charge on any atom is -0.497 e. The monoisotopic (exact) mass is 343 g/mol. The van der Waals surface area contributed by atoms with Crippen molar-refractivity contribution in [1.29, 1.82) is 0 Å². The van der Waals surface area contributed by atoms with Crippen LogP contribution >= 0.6 is 0 Å². The van der Waals surface area contributed by atoms with E-state index in [1.165, 1.54) is 0 Å². The molecule has 1 radical (unpaired) electrons. The molecule has 0 atom stereocenters. The van der Waals surface area contributed by atoms with Crippen LogP contribution < -0.4 is 4.74 Å². The van der Waals surface area contributed by atoms with Crippen molar-refractivity contribution < 1.29 is 9.53 Å². The van der Waals surface area contributed by atoms with Gasteiger partial charge in [-0.1, -0.05) is 86.6 Å². The summed E-state index contributed by atoms with van der Waals surface area (Å²) in [6.45, 7) is 3.90. The third-order valence-electron chi connectivity index (χ3n) is 5.13. The highest BCUT2D eigenvalue weighted by molar-refractivity contribution is 5.70. The van der Waals surface area contributed by atoms with Gasteiger partial charge in [-0.05, 0) is 28.8 Å².